The molecule has 0 heterocycles. The normalized spacial score (nSPS) is 11.8. The van der Waals surface area contributed by atoms with Crippen LogP contribution in [0.2, 0.25) is 0 Å². The van der Waals surface area contributed by atoms with E-state index >= 15 is 0 Å². The first kappa shape index (κ1) is 14.2. The number of halogens is 3. The van der Waals surface area contributed by atoms with E-state index in [0.717, 1.165) is 11.6 Å². The summed E-state index contributed by atoms with van der Waals surface area (Å²) < 4.78 is 43.8. The van der Waals surface area contributed by atoms with Crippen LogP contribution in [0.15, 0.2) is 48.5 Å². The highest BCUT2D eigenvalue weighted by Gasteiger charge is 2.33. The third kappa shape index (κ3) is 3.41. The molecule has 2 aromatic carbocycles. The number of hydrogen-bond acceptors (Lipinski definition) is 1. The van der Waals surface area contributed by atoms with E-state index in [-0.39, 0.29) is 11.3 Å². The van der Waals surface area contributed by atoms with Crippen molar-refractivity contribution in [2.45, 2.75) is 6.18 Å². The van der Waals surface area contributed by atoms with Crippen molar-refractivity contribution >= 4 is 12.2 Å². The summed E-state index contributed by atoms with van der Waals surface area (Å²) in [6.45, 7) is 0. The van der Waals surface area contributed by atoms with E-state index in [0.29, 0.717) is 0 Å². The maximum absolute atomic E-state index is 13.0. The lowest BCUT2D eigenvalue weighted by Gasteiger charge is -2.12. The molecule has 0 saturated carbocycles. The van der Waals surface area contributed by atoms with E-state index < -0.39 is 11.7 Å². The standard InChI is InChI=1S/C16H13F3O/c1-20-14-10-9-13(15(11-14)16(17,18)19)8-7-12-5-3-2-4-6-12/h2-11H,1H3/b8-7+. The first-order valence-corrected chi connectivity index (χ1v) is 5.99. The zero-order chi connectivity index (χ0) is 14.6. The zero-order valence-corrected chi connectivity index (χ0v) is 10.8. The van der Waals surface area contributed by atoms with E-state index in [4.69, 9.17) is 4.74 Å². The van der Waals surface area contributed by atoms with Gasteiger partial charge in [-0.1, -0.05) is 48.6 Å². The largest absolute Gasteiger partial charge is 0.497 e. The minimum absolute atomic E-state index is 0.113. The van der Waals surface area contributed by atoms with Crippen LogP contribution in [0.3, 0.4) is 0 Å². The van der Waals surface area contributed by atoms with Gasteiger partial charge in [0.1, 0.15) is 5.75 Å². The molecule has 0 radical (unpaired) electrons. The van der Waals surface area contributed by atoms with Gasteiger partial charge in [0.05, 0.1) is 12.7 Å². The first-order chi connectivity index (χ1) is 9.50. The second kappa shape index (κ2) is 5.82. The molecule has 104 valence electrons. The van der Waals surface area contributed by atoms with Gasteiger partial charge in [-0.05, 0) is 23.3 Å². The number of alkyl halides is 3. The molecule has 2 rings (SSSR count). The number of methoxy groups -OCH3 is 1. The van der Waals surface area contributed by atoms with Crippen molar-refractivity contribution in [1.29, 1.82) is 0 Å². The highest BCUT2D eigenvalue weighted by Crippen LogP contribution is 2.35. The van der Waals surface area contributed by atoms with Crippen molar-refractivity contribution in [3.05, 3.63) is 65.2 Å². The minimum atomic E-state index is -4.41. The Bertz CT molecular complexity index is 601. The molecule has 0 aliphatic heterocycles. The van der Waals surface area contributed by atoms with E-state index in [1.807, 2.05) is 30.3 Å². The number of benzene rings is 2. The summed E-state index contributed by atoms with van der Waals surface area (Å²) >= 11 is 0. The van der Waals surface area contributed by atoms with E-state index in [1.165, 1.54) is 25.3 Å². The van der Waals surface area contributed by atoms with Gasteiger partial charge in [-0.25, -0.2) is 0 Å². The average Bonchev–Trinajstić information content (AvgIpc) is 2.45. The number of rotatable bonds is 3. The summed E-state index contributed by atoms with van der Waals surface area (Å²) in [4.78, 5) is 0. The van der Waals surface area contributed by atoms with Crippen molar-refractivity contribution in [3.63, 3.8) is 0 Å². The molecule has 0 spiro atoms. The molecule has 0 N–H and O–H groups in total. The average molecular weight is 278 g/mol. The van der Waals surface area contributed by atoms with Crippen molar-refractivity contribution in [3.8, 4) is 5.75 Å². The van der Waals surface area contributed by atoms with E-state index in [9.17, 15) is 13.2 Å². The summed E-state index contributed by atoms with van der Waals surface area (Å²) in [6, 6.07) is 13.1. The predicted molar refractivity (Wildman–Crippen MR) is 73.4 cm³/mol. The molecule has 1 nitrogen and oxygen atoms in total. The Morgan fingerprint density at radius 2 is 1.65 bits per heavy atom. The lowest BCUT2D eigenvalue weighted by atomic mass is 10.0. The molecular formula is C16H13F3O. The summed E-state index contributed by atoms with van der Waals surface area (Å²) in [6.07, 6.45) is -1.31. The number of ether oxygens (including phenoxy) is 1. The van der Waals surface area contributed by atoms with Crippen molar-refractivity contribution in [1.82, 2.24) is 0 Å². The Morgan fingerprint density at radius 1 is 0.950 bits per heavy atom. The van der Waals surface area contributed by atoms with Gasteiger partial charge in [0, 0.05) is 0 Å². The fraction of sp³-hybridized carbons (Fsp3) is 0.125. The molecule has 0 unspecified atom stereocenters. The third-order valence-corrected chi connectivity index (χ3v) is 2.82. The van der Waals surface area contributed by atoms with Gasteiger partial charge in [-0.3, -0.25) is 0 Å². The van der Waals surface area contributed by atoms with Crippen LogP contribution in [-0.2, 0) is 6.18 Å². The molecule has 0 atom stereocenters. The topological polar surface area (TPSA) is 9.23 Å². The minimum Gasteiger partial charge on any atom is -0.497 e. The molecule has 20 heavy (non-hydrogen) atoms. The van der Waals surface area contributed by atoms with Crippen LogP contribution < -0.4 is 4.74 Å². The second-order valence-corrected chi connectivity index (χ2v) is 4.19. The van der Waals surface area contributed by atoms with Gasteiger partial charge in [-0.15, -0.1) is 0 Å². The number of hydrogen-bond donors (Lipinski definition) is 0. The maximum atomic E-state index is 13.0. The lowest BCUT2D eigenvalue weighted by molar-refractivity contribution is -0.137. The maximum Gasteiger partial charge on any atom is 0.417 e. The predicted octanol–water partition coefficient (Wildman–Crippen LogP) is 4.88. The monoisotopic (exact) mass is 278 g/mol. The van der Waals surface area contributed by atoms with Gasteiger partial charge >= 0.3 is 6.18 Å². The Hall–Kier alpha value is -2.23. The summed E-state index contributed by atoms with van der Waals surface area (Å²) in [7, 11) is 1.34. The van der Waals surface area contributed by atoms with E-state index in [2.05, 4.69) is 0 Å². The van der Waals surface area contributed by atoms with Crippen molar-refractivity contribution < 1.29 is 17.9 Å². The quantitative estimate of drug-likeness (QED) is 0.727. The molecule has 2 aromatic rings. The van der Waals surface area contributed by atoms with Crippen LogP contribution >= 0.6 is 0 Å². The highest BCUT2D eigenvalue weighted by atomic mass is 19.4. The summed E-state index contributed by atoms with van der Waals surface area (Å²) in [5, 5.41) is 0. The van der Waals surface area contributed by atoms with Crippen LogP contribution in [0.1, 0.15) is 16.7 Å². The Morgan fingerprint density at radius 3 is 2.25 bits per heavy atom. The van der Waals surface area contributed by atoms with Crippen molar-refractivity contribution in [2.24, 2.45) is 0 Å². The molecule has 0 saturated heterocycles. The van der Waals surface area contributed by atoms with Crippen LogP contribution in [0.25, 0.3) is 12.2 Å². The van der Waals surface area contributed by atoms with Crippen LogP contribution in [0.4, 0.5) is 13.2 Å². The SMILES string of the molecule is COc1ccc(/C=C/c2ccccc2)c(C(F)(F)F)c1. The van der Waals surface area contributed by atoms with Crippen LogP contribution in [0.5, 0.6) is 5.75 Å². The Kier molecular flexibility index (Phi) is 4.13. The van der Waals surface area contributed by atoms with Gasteiger partial charge in [0.25, 0.3) is 0 Å². The van der Waals surface area contributed by atoms with E-state index in [1.54, 1.807) is 6.08 Å². The van der Waals surface area contributed by atoms with Crippen molar-refractivity contribution in [2.75, 3.05) is 7.11 Å². The summed E-state index contributed by atoms with van der Waals surface area (Å²) in [5.74, 6) is 0.189. The smallest absolute Gasteiger partial charge is 0.417 e. The zero-order valence-electron chi connectivity index (χ0n) is 10.8. The fourth-order valence-electron chi connectivity index (χ4n) is 1.80. The molecule has 0 aliphatic carbocycles. The van der Waals surface area contributed by atoms with Crippen LogP contribution in [0, 0.1) is 0 Å². The van der Waals surface area contributed by atoms with Gasteiger partial charge in [-0.2, -0.15) is 13.2 Å². The molecule has 0 aliphatic rings. The third-order valence-electron chi connectivity index (χ3n) is 2.82. The molecule has 4 heteroatoms. The second-order valence-electron chi connectivity index (χ2n) is 4.19. The first-order valence-electron chi connectivity index (χ1n) is 5.99. The van der Waals surface area contributed by atoms with Gasteiger partial charge in [0.2, 0.25) is 0 Å². The molecule has 0 bridgehead atoms. The lowest BCUT2D eigenvalue weighted by Crippen LogP contribution is -2.07. The Labute approximate surface area is 115 Å². The van der Waals surface area contributed by atoms with Gasteiger partial charge in [0.15, 0.2) is 0 Å². The van der Waals surface area contributed by atoms with Crippen LogP contribution in [-0.4, -0.2) is 7.11 Å². The molecule has 0 amide bonds. The highest BCUT2D eigenvalue weighted by molar-refractivity contribution is 5.71. The van der Waals surface area contributed by atoms with Gasteiger partial charge < -0.3 is 4.74 Å². The molecule has 0 fully saturated rings. The summed E-state index contributed by atoms with van der Waals surface area (Å²) in [5.41, 5.74) is 0.252. The molecule has 0 aromatic heterocycles. The Balaban J connectivity index is 2.39. The molecular weight excluding hydrogens is 265 g/mol. The fourth-order valence-corrected chi connectivity index (χ4v) is 1.80.